The molecular formula is C11H17. The van der Waals surface area contributed by atoms with Gasteiger partial charge in [-0.05, 0) is 11.8 Å². The van der Waals surface area contributed by atoms with Crippen LogP contribution < -0.4 is 0 Å². The SMILES string of the molecule is CC(C)[C]1C=CC=C1C(C)C. The molecule has 61 valence electrons. The molecule has 0 heteroatoms. The molecule has 0 atom stereocenters. The van der Waals surface area contributed by atoms with E-state index in [1.54, 1.807) is 0 Å². The molecule has 0 amide bonds. The summed E-state index contributed by atoms with van der Waals surface area (Å²) in [5.41, 5.74) is 1.51. The molecule has 1 rings (SSSR count). The molecule has 1 aliphatic rings. The minimum Gasteiger partial charge on any atom is -0.0728 e. The van der Waals surface area contributed by atoms with Gasteiger partial charge in [-0.25, -0.2) is 0 Å². The molecular weight excluding hydrogens is 132 g/mol. The maximum absolute atomic E-state index is 2.25. The predicted octanol–water partition coefficient (Wildman–Crippen LogP) is 3.37. The average Bonchev–Trinajstić information content (AvgIpc) is 2.32. The molecule has 0 saturated heterocycles. The van der Waals surface area contributed by atoms with Crippen molar-refractivity contribution < 1.29 is 0 Å². The van der Waals surface area contributed by atoms with E-state index in [1.807, 2.05) is 0 Å². The predicted molar refractivity (Wildman–Crippen MR) is 50.1 cm³/mol. The van der Waals surface area contributed by atoms with Gasteiger partial charge in [-0.15, -0.1) is 0 Å². The van der Waals surface area contributed by atoms with Crippen molar-refractivity contribution in [2.75, 3.05) is 0 Å². The zero-order chi connectivity index (χ0) is 8.43. The Bertz CT molecular complexity index is 182. The first-order valence-electron chi connectivity index (χ1n) is 4.38. The zero-order valence-corrected chi connectivity index (χ0v) is 7.89. The summed E-state index contributed by atoms with van der Waals surface area (Å²) in [6, 6.07) is 0. The highest BCUT2D eigenvalue weighted by molar-refractivity contribution is 5.44. The molecule has 0 aliphatic heterocycles. The number of allylic oxidation sites excluding steroid dienone is 4. The second kappa shape index (κ2) is 3.25. The van der Waals surface area contributed by atoms with Crippen LogP contribution in [0.4, 0.5) is 0 Å². The Morgan fingerprint density at radius 2 is 1.64 bits per heavy atom. The van der Waals surface area contributed by atoms with E-state index in [1.165, 1.54) is 11.5 Å². The van der Waals surface area contributed by atoms with Gasteiger partial charge >= 0.3 is 0 Å². The molecule has 0 aromatic carbocycles. The fourth-order valence-electron chi connectivity index (χ4n) is 1.50. The lowest BCUT2D eigenvalue weighted by atomic mass is 9.85. The molecule has 1 radical (unpaired) electrons. The van der Waals surface area contributed by atoms with Crippen molar-refractivity contribution in [2.45, 2.75) is 27.7 Å². The largest absolute Gasteiger partial charge is 0.0728 e. The van der Waals surface area contributed by atoms with Crippen molar-refractivity contribution in [3.63, 3.8) is 0 Å². The van der Waals surface area contributed by atoms with Gasteiger partial charge in [0.05, 0.1) is 0 Å². The molecule has 1 aliphatic carbocycles. The van der Waals surface area contributed by atoms with Gasteiger partial charge in [0.2, 0.25) is 0 Å². The fraction of sp³-hybridized carbons (Fsp3) is 0.545. The van der Waals surface area contributed by atoms with E-state index in [0.717, 1.165) is 0 Å². The molecule has 0 heterocycles. The van der Waals surface area contributed by atoms with E-state index in [2.05, 4.69) is 45.9 Å². The van der Waals surface area contributed by atoms with Crippen molar-refractivity contribution in [3.05, 3.63) is 29.7 Å². The summed E-state index contributed by atoms with van der Waals surface area (Å²) < 4.78 is 0. The summed E-state index contributed by atoms with van der Waals surface area (Å²) in [7, 11) is 0. The molecule has 0 aromatic heterocycles. The second-order valence-corrected chi connectivity index (χ2v) is 3.75. The van der Waals surface area contributed by atoms with E-state index < -0.39 is 0 Å². The summed E-state index contributed by atoms with van der Waals surface area (Å²) in [5.74, 6) is 2.85. The van der Waals surface area contributed by atoms with Crippen LogP contribution in [-0.2, 0) is 0 Å². The van der Waals surface area contributed by atoms with Gasteiger partial charge in [0.1, 0.15) is 0 Å². The van der Waals surface area contributed by atoms with Crippen LogP contribution in [0.1, 0.15) is 27.7 Å². The molecule has 11 heavy (non-hydrogen) atoms. The third-order valence-electron chi connectivity index (χ3n) is 2.13. The highest BCUT2D eigenvalue weighted by Crippen LogP contribution is 2.33. The Morgan fingerprint density at radius 3 is 2.00 bits per heavy atom. The molecule has 0 fully saturated rings. The fourth-order valence-corrected chi connectivity index (χ4v) is 1.50. The maximum atomic E-state index is 2.25. The Kier molecular flexibility index (Phi) is 2.53. The quantitative estimate of drug-likeness (QED) is 0.564. The van der Waals surface area contributed by atoms with E-state index in [4.69, 9.17) is 0 Å². The third-order valence-corrected chi connectivity index (χ3v) is 2.13. The van der Waals surface area contributed by atoms with E-state index in [9.17, 15) is 0 Å². The molecule has 0 nitrogen and oxygen atoms in total. The summed E-state index contributed by atoms with van der Waals surface area (Å²) in [5, 5.41) is 0. The lowest BCUT2D eigenvalue weighted by molar-refractivity contribution is 0.656. The standard InChI is InChI=1S/C11H17/c1-8(2)10-6-5-7-11(10)9(3)4/h5-9H,1-4H3. The summed E-state index contributed by atoms with van der Waals surface area (Å²) in [6.07, 6.45) is 6.63. The van der Waals surface area contributed by atoms with Gasteiger partial charge < -0.3 is 0 Å². The van der Waals surface area contributed by atoms with Crippen molar-refractivity contribution in [1.82, 2.24) is 0 Å². The maximum Gasteiger partial charge on any atom is 0.0253 e. The highest BCUT2D eigenvalue weighted by Gasteiger charge is 2.20. The molecule has 0 unspecified atom stereocenters. The van der Waals surface area contributed by atoms with Crippen LogP contribution in [0.3, 0.4) is 0 Å². The van der Waals surface area contributed by atoms with Gasteiger partial charge in [0, 0.05) is 5.92 Å². The first-order valence-corrected chi connectivity index (χ1v) is 4.38. The van der Waals surface area contributed by atoms with Crippen molar-refractivity contribution in [2.24, 2.45) is 11.8 Å². The van der Waals surface area contributed by atoms with Crippen LogP contribution in [0.15, 0.2) is 23.8 Å². The summed E-state index contributed by atoms with van der Waals surface area (Å²) >= 11 is 0. The average molecular weight is 149 g/mol. The van der Waals surface area contributed by atoms with Gasteiger partial charge in [0.15, 0.2) is 0 Å². The minimum absolute atomic E-state index is 0.669. The Labute approximate surface area is 70.0 Å². The molecule has 0 aromatic rings. The van der Waals surface area contributed by atoms with E-state index in [-0.39, 0.29) is 0 Å². The van der Waals surface area contributed by atoms with Gasteiger partial charge in [-0.2, -0.15) is 0 Å². The molecule has 0 spiro atoms. The Balaban J connectivity index is 2.69. The van der Waals surface area contributed by atoms with Gasteiger partial charge in [0.25, 0.3) is 0 Å². The monoisotopic (exact) mass is 149 g/mol. The van der Waals surface area contributed by atoms with Crippen molar-refractivity contribution in [1.29, 1.82) is 0 Å². The third kappa shape index (κ3) is 1.74. The first kappa shape index (κ1) is 8.58. The second-order valence-electron chi connectivity index (χ2n) is 3.75. The Morgan fingerprint density at radius 1 is 1.00 bits per heavy atom. The normalized spacial score (nSPS) is 18.5. The minimum atomic E-state index is 0.669. The van der Waals surface area contributed by atoms with Crippen LogP contribution >= 0.6 is 0 Å². The molecule has 0 saturated carbocycles. The topological polar surface area (TPSA) is 0 Å². The smallest absolute Gasteiger partial charge is 0.0253 e. The number of rotatable bonds is 2. The van der Waals surface area contributed by atoms with Crippen molar-refractivity contribution >= 4 is 0 Å². The number of hydrogen-bond donors (Lipinski definition) is 0. The molecule has 0 bridgehead atoms. The number of hydrogen-bond acceptors (Lipinski definition) is 0. The molecule has 0 N–H and O–H groups in total. The van der Waals surface area contributed by atoms with Crippen LogP contribution in [0, 0.1) is 17.8 Å². The zero-order valence-electron chi connectivity index (χ0n) is 7.89. The summed E-state index contributed by atoms with van der Waals surface area (Å²) in [4.78, 5) is 0. The first-order chi connectivity index (χ1) is 5.13. The van der Waals surface area contributed by atoms with Crippen LogP contribution in [0.25, 0.3) is 0 Å². The van der Waals surface area contributed by atoms with Gasteiger partial charge in [-0.1, -0.05) is 51.5 Å². The van der Waals surface area contributed by atoms with Gasteiger partial charge in [-0.3, -0.25) is 0 Å². The lowest BCUT2D eigenvalue weighted by Crippen LogP contribution is -2.08. The Hall–Kier alpha value is -0.520. The van der Waals surface area contributed by atoms with E-state index in [0.29, 0.717) is 11.8 Å². The van der Waals surface area contributed by atoms with E-state index >= 15 is 0 Å². The lowest BCUT2D eigenvalue weighted by Gasteiger charge is -2.19. The van der Waals surface area contributed by atoms with Crippen LogP contribution in [0.5, 0.6) is 0 Å². The van der Waals surface area contributed by atoms with Crippen LogP contribution in [0.2, 0.25) is 0 Å². The summed E-state index contributed by atoms with van der Waals surface area (Å²) in [6.45, 7) is 9.00. The van der Waals surface area contributed by atoms with Crippen LogP contribution in [-0.4, -0.2) is 0 Å². The van der Waals surface area contributed by atoms with Crippen molar-refractivity contribution in [3.8, 4) is 0 Å². The highest BCUT2D eigenvalue weighted by atomic mass is 14.2.